The second-order valence-electron chi connectivity index (χ2n) is 16.9. The normalized spacial score (nSPS) is 11.9. The van der Waals surface area contributed by atoms with Crippen LogP contribution in [0.25, 0.3) is 117 Å². The van der Waals surface area contributed by atoms with Crippen LogP contribution in [0.5, 0.6) is 0 Å². The van der Waals surface area contributed by atoms with Crippen LogP contribution in [0.15, 0.2) is 118 Å². The van der Waals surface area contributed by atoms with Crippen LogP contribution in [0.3, 0.4) is 0 Å². The van der Waals surface area contributed by atoms with E-state index in [4.69, 9.17) is 118 Å². The van der Waals surface area contributed by atoms with E-state index in [1.807, 2.05) is 109 Å². The molecule has 0 amide bonds. The Morgan fingerprint density at radius 2 is 0.855 bits per heavy atom. The van der Waals surface area contributed by atoms with Crippen molar-refractivity contribution in [2.45, 2.75) is 0 Å². The van der Waals surface area contributed by atoms with Gasteiger partial charge in [0.05, 0.1) is 5.56 Å². The molecule has 12 aromatic rings. The van der Waals surface area contributed by atoms with Crippen LogP contribution < -0.4 is 65.6 Å². The molecule has 0 aliphatic rings. The number of nitrogens with zero attached hydrogens (tertiary/aromatic N) is 4. The monoisotopic (exact) mass is 850 g/mol. The summed E-state index contributed by atoms with van der Waals surface area (Å²) in [6, 6.07) is 35.1. The molecule has 0 unspecified atom stereocenters. The number of rotatable bonds is 5. The summed E-state index contributed by atoms with van der Waals surface area (Å²) in [4.78, 5) is 15.0. The molecular formula is C51H18B12N4O2. The predicted molar refractivity (Wildman–Crippen MR) is 295 cm³/mol. The highest BCUT2D eigenvalue weighted by Gasteiger charge is 2.27. The van der Waals surface area contributed by atoms with Gasteiger partial charge in [0, 0.05) is 55.5 Å². The van der Waals surface area contributed by atoms with Crippen molar-refractivity contribution in [3.8, 4) is 51.0 Å². The van der Waals surface area contributed by atoms with Gasteiger partial charge in [-0.2, -0.15) is 0 Å². The van der Waals surface area contributed by atoms with E-state index in [1.165, 1.54) is 0 Å². The van der Waals surface area contributed by atoms with Gasteiger partial charge in [-0.25, -0.2) is 15.0 Å². The maximum atomic E-state index is 7.19. The molecule has 24 radical (unpaired) electrons. The van der Waals surface area contributed by atoms with Crippen LogP contribution in [0.2, 0.25) is 0 Å². The Bertz CT molecular complexity index is 4210. The van der Waals surface area contributed by atoms with Crippen molar-refractivity contribution in [3.05, 3.63) is 109 Å². The standard InChI is InChI=1S/C51H18B12N4O2/c52-34-31(30-35(53)40(58)43(61)41(59)36(30)54)39(57)46-32(37(34)55)33-38(56)42(60)44(62)45(63)47(33)67(46)21-14-16-24-23-15-13-20(17-28(23)68-29(24)18-21)50-64-49(19-7-2-1-3-8-19)65-51(66-50)26-11-6-10-25-22-9-4-5-12-27(22)69-48(25)26/h1-18H. The van der Waals surface area contributed by atoms with E-state index in [0.29, 0.717) is 67.3 Å². The van der Waals surface area contributed by atoms with Crippen LogP contribution >= 0.6 is 0 Å². The van der Waals surface area contributed by atoms with Gasteiger partial charge in [-0.3, -0.25) is 0 Å². The van der Waals surface area contributed by atoms with Crippen LogP contribution in [0.1, 0.15) is 0 Å². The van der Waals surface area contributed by atoms with E-state index in [9.17, 15) is 0 Å². The lowest BCUT2D eigenvalue weighted by Crippen LogP contribution is -2.56. The summed E-state index contributed by atoms with van der Waals surface area (Å²) in [6.07, 6.45) is 0. The Balaban J connectivity index is 1.07. The van der Waals surface area contributed by atoms with Crippen LogP contribution in [-0.4, -0.2) is 114 Å². The molecule has 0 aliphatic carbocycles. The van der Waals surface area contributed by atoms with Crippen molar-refractivity contribution in [3.63, 3.8) is 0 Å². The number of aromatic nitrogens is 4. The first-order chi connectivity index (χ1) is 33.2. The van der Waals surface area contributed by atoms with E-state index >= 15 is 0 Å². The maximum Gasteiger partial charge on any atom is 0.167 e. The average molecular weight is 848 g/mol. The van der Waals surface area contributed by atoms with Gasteiger partial charge in [-0.15, -0.1) is 27.3 Å². The van der Waals surface area contributed by atoms with Crippen LogP contribution in [-0.2, 0) is 0 Å². The zero-order valence-corrected chi connectivity index (χ0v) is 36.4. The highest BCUT2D eigenvalue weighted by Crippen LogP contribution is 2.38. The molecule has 0 atom stereocenters. The molecule has 0 saturated carbocycles. The summed E-state index contributed by atoms with van der Waals surface area (Å²) < 4.78 is 14.9. The van der Waals surface area contributed by atoms with Crippen LogP contribution in [0.4, 0.5) is 0 Å². The van der Waals surface area contributed by atoms with Gasteiger partial charge in [0.2, 0.25) is 0 Å². The lowest BCUT2D eigenvalue weighted by Gasteiger charge is -2.26. The second kappa shape index (κ2) is 15.7. The molecule has 69 heavy (non-hydrogen) atoms. The first-order valence-electron chi connectivity index (χ1n) is 21.5. The molecule has 290 valence electrons. The Kier molecular flexibility index (Phi) is 9.87. The van der Waals surface area contributed by atoms with Gasteiger partial charge in [-0.1, -0.05) is 105 Å². The average Bonchev–Trinajstić information content (AvgIpc) is 4.06. The zero-order chi connectivity index (χ0) is 47.9. The summed E-state index contributed by atoms with van der Waals surface area (Å²) in [6.45, 7) is 0. The van der Waals surface area contributed by atoms with E-state index in [1.54, 1.807) is 4.57 Å². The van der Waals surface area contributed by atoms with E-state index in [2.05, 4.69) is 0 Å². The molecule has 8 aromatic carbocycles. The van der Waals surface area contributed by atoms with Crippen molar-refractivity contribution in [2.24, 2.45) is 0 Å². The van der Waals surface area contributed by atoms with Gasteiger partial charge < -0.3 is 13.4 Å². The molecule has 4 heterocycles. The van der Waals surface area contributed by atoms with Gasteiger partial charge in [0.1, 0.15) is 116 Å². The molecule has 12 rings (SSSR count). The molecule has 18 heteroatoms. The molecule has 6 nitrogen and oxygen atoms in total. The topological polar surface area (TPSA) is 69.9 Å². The van der Waals surface area contributed by atoms with Crippen molar-refractivity contribution >= 4 is 225 Å². The Hall–Kier alpha value is -7.05. The number of para-hydroxylation sites is 2. The van der Waals surface area contributed by atoms with Gasteiger partial charge >= 0.3 is 0 Å². The summed E-state index contributed by atoms with van der Waals surface area (Å²) in [5.74, 6) is 1.37. The van der Waals surface area contributed by atoms with Crippen molar-refractivity contribution in [1.29, 1.82) is 0 Å². The molecule has 0 fully saturated rings. The van der Waals surface area contributed by atoms with Gasteiger partial charge in [0.25, 0.3) is 0 Å². The van der Waals surface area contributed by atoms with E-state index in [-0.39, 0.29) is 76.7 Å². The lowest BCUT2D eigenvalue weighted by molar-refractivity contribution is 0.668. The highest BCUT2D eigenvalue weighted by molar-refractivity contribution is 6.72. The highest BCUT2D eigenvalue weighted by atomic mass is 16.3. The van der Waals surface area contributed by atoms with Crippen molar-refractivity contribution in [1.82, 2.24) is 19.5 Å². The Morgan fingerprint density at radius 1 is 0.348 bits per heavy atom. The fraction of sp³-hybridized carbons (Fsp3) is 0. The molecule has 0 bridgehead atoms. The number of furan rings is 2. The fourth-order valence-corrected chi connectivity index (χ4v) is 9.65. The van der Waals surface area contributed by atoms with Crippen molar-refractivity contribution < 1.29 is 8.83 Å². The fourth-order valence-electron chi connectivity index (χ4n) is 9.65. The van der Waals surface area contributed by atoms with Crippen LogP contribution in [0, 0.1) is 0 Å². The third-order valence-electron chi connectivity index (χ3n) is 13.2. The first kappa shape index (κ1) is 43.2. The molecule has 0 aliphatic heterocycles. The Labute approximate surface area is 411 Å². The minimum absolute atomic E-state index is 0.00263. The third kappa shape index (κ3) is 6.26. The molecule has 4 aromatic heterocycles. The second-order valence-corrected chi connectivity index (χ2v) is 16.9. The van der Waals surface area contributed by atoms with Gasteiger partial charge in [0.15, 0.2) is 17.5 Å². The van der Waals surface area contributed by atoms with E-state index in [0.717, 1.165) is 38.3 Å². The molecular weight excluding hydrogens is 830 g/mol. The first-order valence-corrected chi connectivity index (χ1v) is 21.5. The number of hydrogen-bond acceptors (Lipinski definition) is 5. The molecule has 0 spiro atoms. The molecule has 0 N–H and O–H groups in total. The minimum Gasteiger partial charge on any atom is -0.456 e. The quantitative estimate of drug-likeness (QED) is 0.208. The summed E-state index contributed by atoms with van der Waals surface area (Å²) in [5, 5.41) is 4.31. The third-order valence-corrected chi connectivity index (χ3v) is 13.2. The predicted octanol–water partition coefficient (Wildman–Crippen LogP) is -1.04. The van der Waals surface area contributed by atoms with E-state index < -0.39 is 0 Å². The number of fused-ring (bicyclic) bond motifs is 9. The lowest BCUT2D eigenvalue weighted by atomic mass is 9.57. The maximum absolute atomic E-state index is 7.19. The largest absolute Gasteiger partial charge is 0.456 e. The summed E-state index contributed by atoms with van der Waals surface area (Å²) >= 11 is 0. The molecule has 0 saturated heterocycles. The number of benzene rings is 8. The summed E-state index contributed by atoms with van der Waals surface area (Å²) in [7, 11) is 79.5. The van der Waals surface area contributed by atoms with Gasteiger partial charge in [-0.05, 0) is 58.3 Å². The zero-order valence-electron chi connectivity index (χ0n) is 36.4. The SMILES string of the molecule is [B]c1c([B])c([B])c(-c2c([B])c([B])c3c4c([B])c([B])c([B])c([B])c4n(-c4ccc5c(c4)oc4cc(-c6nc(-c7ccccc7)nc(-c7cccc8c7oc7ccccc78)n6)ccc45)c3c2[B])c([B])c1[B]. The minimum atomic E-state index is -0.00453. The van der Waals surface area contributed by atoms with Crippen molar-refractivity contribution in [2.75, 3.05) is 0 Å². The number of hydrogen-bond donors (Lipinski definition) is 0. The Morgan fingerprint density at radius 3 is 1.58 bits per heavy atom. The summed E-state index contributed by atoms with van der Waals surface area (Å²) in [5.41, 5.74) is 6.82. The smallest absolute Gasteiger partial charge is 0.167 e.